The Labute approximate surface area is 243 Å². The Balaban J connectivity index is 1.50. The normalized spacial score (nSPS) is 20.1. The summed E-state index contributed by atoms with van der Waals surface area (Å²) in [4.78, 5) is 36.7. The fraction of sp³-hybridized carbons (Fsp3) is 0.552. The molecule has 222 valence electrons. The highest BCUT2D eigenvalue weighted by molar-refractivity contribution is 6.35. The van der Waals surface area contributed by atoms with Gasteiger partial charge in [-0.25, -0.2) is 14.2 Å². The van der Waals surface area contributed by atoms with E-state index in [1.54, 1.807) is 30.6 Å². The van der Waals surface area contributed by atoms with E-state index in [4.69, 9.17) is 25.8 Å². The number of fused-ring (bicyclic) bond motifs is 2. The fourth-order valence-electron chi connectivity index (χ4n) is 5.37. The topological polar surface area (TPSA) is 105 Å². The molecule has 10 nitrogen and oxygen atoms in total. The lowest BCUT2D eigenvalue weighted by Gasteiger charge is -2.40. The van der Waals surface area contributed by atoms with Crippen LogP contribution in [0.2, 0.25) is 5.02 Å². The maximum atomic E-state index is 15.0. The number of benzene rings is 1. The summed E-state index contributed by atoms with van der Waals surface area (Å²) in [5.74, 6) is -1.25. The fourth-order valence-corrected chi connectivity index (χ4v) is 5.65. The number of carbonyl (C=O) groups is 2. The summed E-state index contributed by atoms with van der Waals surface area (Å²) in [5.41, 5.74) is -0.898. The molecule has 2 saturated heterocycles. The minimum atomic E-state index is -0.731. The monoisotopic (exact) mass is 590 g/mol. The first-order chi connectivity index (χ1) is 19.4. The number of hydrogen-bond acceptors (Lipinski definition) is 8. The zero-order valence-corrected chi connectivity index (χ0v) is 24.5. The summed E-state index contributed by atoms with van der Waals surface area (Å²) in [5, 5.41) is 10.4. The first-order valence-electron chi connectivity index (χ1n) is 13.9. The number of rotatable bonds is 4. The van der Waals surface area contributed by atoms with Crippen molar-refractivity contribution >= 4 is 23.6 Å². The SMILES string of the molecule is CN1CCC(COc2nc(-c3c(O)cccc3F)c(Cl)c3c2C(=O)N2CCN(C(=O)OC(C)(C)C)C[C@@H]2CO3)CC1. The molecule has 0 bridgehead atoms. The third-order valence-electron chi connectivity index (χ3n) is 7.61. The number of piperidine rings is 1. The number of pyridine rings is 1. The Morgan fingerprint density at radius 1 is 1.20 bits per heavy atom. The Morgan fingerprint density at radius 3 is 2.61 bits per heavy atom. The number of halogens is 2. The quantitative estimate of drug-likeness (QED) is 0.558. The van der Waals surface area contributed by atoms with Crippen LogP contribution in [0.1, 0.15) is 44.0 Å². The van der Waals surface area contributed by atoms with Gasteiger partial charge < -0.3 is 34.0 Å². The van der Waals surface area contributed by atoms with Gasteiger partial charge >= 0.3 is 6.09 Å². The van der Waals surface area contributed by atoms with Gasteiger partial charge in [-0.3, -0.25) is 4.79 Å². The van der Waals surface area contributed by atoms with Crippen LogP contribution in [0.5, 0.6) is 17.4 Å². The molecule has 3 aliphatic rings. The first kappa shape index (κ1) is 29.2. The van der Waals surface area contributed by atoms with Crippen molar-refractivity contribution in [3.8, 4) is 28.6 Å². The highest BCUT2D eigenvalue weighted by Gasteiger charge is 2.41. The van der Waals surface area contributed by atoms with E-state index < -0.39 is 29.5 Å². The number of aromatic hydroxyl groups is 1. The largest absolute Gasteiger partial charge is 0.507 e. The summed E-state index contributed by atoms with van der Waals surface area (Å²) >= 11 is 6.75. The van der Waals surface area contributed by atoms with E-state index in [-0.39, 0.29) is 71.4 Å². The molecule has 0 saturated carbocycles. The van der Waals surface area contributed by atoms with E-state index >= 15 is 0 Å². The van der Waals surface area contributed by atoms with Crippen molar-refractivity contribution in [1.29, 1.82) is 0 Å². The summed E-state index contributed by atoms with van der Waals surface area (Å²) < 4.78 is 32.8. The van der Waals surface area contributed by atoms with Crippen LogP contribution in [0.25, 0.3) is 11.3 Å². The van der Waals surface area contributed by atoms with Crippen LogP contribution in [-0.2, 0) is 4.74 Å². The number of carbonyl (C=O) groups excluding carboxylic acids is 2. The summed E-state index contributed by atoms with van der Waals surface area (Å²) in [6.45, 7) is 8.30. The second-order valence-electron chi connectivity index (χ2n) is 11.9. The van der Waals surface area contributed by atoms with Gasteiger partial charge in [-0.2, -0.15) is 0 Å². The lowest BCUT2D eigenvalue weighted by atomic mass is 9.98. The van der Waals surface area contributed by atoms with Gasteiger partial charge in [0.25, 0.3) is 5.91 Å². The highest BCUT2D eigenvalue weighted by atomic mass is 35.5. The van der Waals surface area contributed by atoms with Crippen LogP contribution in [0, 0.1) is 11.7 Å². The van der Waals surface area contributed by atoms with Crippen molar-refractivity contribution < 1.29 is 33.3 Å². The average Bonchev–Trinajstić information content (AvgIpc) is 3.05. The van der Waals surface area contributed by atoms with Crippen molar-refractivity contribution in [2.75, 3.05) is 53.0 Å². The van der Waals surface area contributed by atoms with Gasteiger partial charge in [0.05, 0.1) is 18.2 Å². The molecule has 4 heterocycles. The number of piperazine rings is 1. The van der Waals surface area contributed by atoms with Gasteiger partial charge in [-0.1, -0.05) is 17.7 Å². The Bertz CT molecular complexity index is 1310. The van der Waals surface area contributed by atoms with E-state index in [1.165, 1.54) is 18.2 Å². The van der Waals surface area contributed by atoms with Crippen molar-refractivity contribution in [3.63, 3.8) is 0 Å². The van der Waals surface area contributed by atoms with Gasteiger partial charge in [0.1, 0.15) is 40.1 Å². The number of likely N-dealkylation sites (tertiary alicyclic amines) is 1. The third-order valence-corrected chi connectivity index (χ3v) is 7.96. The molecule has 1 aromatic carbocycles. The minimum absolute atomic E-state index is 0.0147. The Kier molecular flexibility index (Phi) is 8.20. The number of hydrogen-bond donors (Lipinski definition) is 1. The molecule has 2 fully saturated rings. The maximum Gasteiger partial charge on any atom is 0.410 e. The molecule has 0 aliphatic carbocycles. The van der Waals surface area contributed by atoms with Crippen LogP contribution in [-0.4, -0.2) is 101 Å². The van der Waals surface area contributed by atoms with Gasteiger partial charge in [0.15, 0.2) is 5.75 Å². The average molecular weight is 591 g/mol. The zero-order valence-electron chi connectivity index (χ0n) is 23.8. The number of aromatic nitrogens is 1. The van der Waals surface area contributed by atoms with Gasteiger partial charge in [-0.05, 0) is 71.8 Å². The van der Waals surface area contributed by atoms with Crippen molar-refractivity contribution in [2.45, 2.75) is 45.3 Å². The van der Waals surface area contributed by atoms with E-state index in [0.717, 1.165) is 25.9 Å². The van der Waals surface area contributed by atoms with Crippen LogP contribution in [0.15, 0.2) is 18.2 Å². The standard InChI is InChI=1S/C29H36ClFN4O6/c1-29(2,3)41-28(38)34-12-13-35-18(14-34)16-39-25-22(27(35)37)26(40-15-17-8-10-33(4)11-9-17)32-24(23(25)30)21-19(31)6-5-7-20(21)36/h5-7,17-18,36H,8-16H2,1-4H3/t18-/m1/s1. The Morgan fingerprint density at radius 2 is 1.93 bits per heavy atom. The third kappa shape index (κ3) is 6.16. The molecule has 1 atom stereocenters. The second-order valence-corrected chi connectivity index (χ2v) is 12.2. The number of phenols is 1. The highest BCUT2D eigenvalue weighted by Crippen LogP contribution is 2.46. The molecule has 2 amide bonds. The first-order valence-corrected chi connectivity index (χ1v) is 14.2. The van der Waals surface area contributed by atoms with Crippen molar-refractivity contribution in [2.24, 2.45) is 5.92 Å². The molecule has 0 unspecified atom stereocenters. The minimum Gasteiger partial charge on any atom is -0.507 e. The van der Waals surface area contributed by atoms with E-state index in [1.807, 2.05) is 0 Å². The van der Waals surface area contributed by atoms with Gasteiger partial charge in [0, 0.05) is 19.6 Å². The smallest absolute Gasteiger partial charge is 0.410 e. The van der Waals surface area contributed by atoms with Crippen LogP contribution >= 0.6 is 11.6 Å². The molecule has 41 heavy (non-hydrogen) atoms. The van der Waals surface area contributed by atoms with Crippen LogP contribution < -0.4 is 9.47 Å². The molecular formula is C29H36ClFN4O6. The van der Waals surface area contributed by atoms with E-state index in [9.17, 15) is 19.1 Å². The molecule has 2 aromatic rings. The number of phenolic OH excluding ortho intramolecular Hbond substituents is 1. The molecule has 5 rings (SSSR count). The van der Waals surface area contributed by atoms with E-state index in [0.29, 0.717) is 6.61 Å². The summed E-state index contributed by atoms with van der Waals surface area (Å²) in [7, 11) is 2.07. The number of ether oxygens (including phenoxy) is 3. The van der Waals surface area contributed by atoms with Gasteiger partial charge in [-0.15, -0.1) is 0 Å². The molecule has 0 radical (unpaired) electrons. The predicted octanol–water partition coefficient (Wildman–Crippen LogP) is 4.42. The molecule has 1 N–H and O–H groups in total. The molecular weight excluding hydrogens is 555 g/mol. The van der Waals surface area contributed by atoms with Crippen LogP contribution in [0.4, 0.5) is 9.18 Å². The summed E-state index contributed by atoms with van der Waals surface area (Å²) in [6.07, 6.45) is 1.38. The Hall–Kier alpha value is -3.31. The number of nitrogens with zero attached hydrogens (tertiary/aromatic N) is 4. The van der Waals surface area contributed by atoms with Gasteiger partial charge in [0.2, 0.25) is 5.88 Å². The molecule has 12 heteroatoms. The summed E-state index contributed by atoms with van der Waals surface area (Å²) in [6, 6.07) is 3.41. The lowest BCUT2D eigenvalue weighted by Crippen LogP contribution is -2.58. The molecule has 1 aromatic heterocycles. The predicted molar refractivity (Wildman–Crippen MR) is 150 cm³/mol. The zero-order chi connectivity index (χ0) is 29.5. The van der Waals surface area contributed by atoms with Crippen molar-refractivity contribution in [3.05, 3.63) is 34.6 Å². The maximum absolute atomic E-state index is 15.0. The van der Waals surface area contributed by atoms with Crippen molar-refractivity contribution in [1.82, 2.24) is 19.7 Å². The molecule has 0 spiro atoms. The second kappa shape index (κ2) is 11.5. The van der Waals surface area contributed by atoms with E-state index in [2.05, 4.69) is 16.9 Å². The lowest BCUT2D eigenvalue weighted by molar-refractivity contribution is 0.000894. The number of amides is 2. The molecule has 3 aliphatic heterocycles. The van der Waals surface area contributed by atoms with Crippen LogP contribution in [0.3, 0.4) is 0 Å².